The van der Waals surface area contributed by atoms with Crippen LogP contribution in [0.5, 0.6) is 5.75 Å². The van der Waals surface area contributed by atoms with Gasteiger partial charge in [0.05, 0.1) is 13.0 Å². The lowest BCUT2D eigenvalue weighted by Crippen LogP contribution is -2.12. The highest BCUT2D eigenvalue weighted by Crippen LogP contribution is 2.38. The molecule has 0 bridgehead atoms. The zero-order chi connectivity index (χ0) is 16.2. The number of carbonyl (C=O) groups excluding carboxylic acids is 1. The number of hydrogen-bond acceptors (Lipinski definition) is 3. The summed E-state index contributed by atoms with van der Waals surface area (Å²) in [7, 11) is 1.41. The van der Waals surface area contributed by atoms with Crippen molar-refractivity contribution in [3.63, 3.8) is 0 Å². The van der Waals surface area contributed by atoms with Crippen molar-refractivity contribution >= 4 is 5.97 Å². The van der Waals surface area contributed by atoms with E-state index < -0.39 is 0 Å². The number of esters is 1. The fourth-order valence-corrected chi connectivity index (χ4v) is 2.46. The summed E-state index contributed by atoms with van der Waals surface area (Å²) in [6.45, 7) is 10.2. The summed E-state index contributed by atoms with van der Waals surface area (Å²) in [5.74, 6) is 0.349. The topological polar surface area (TPSA) is 46.5 Å². The summed E-state index contributed by atoms with van der Waals surface area (Å²) < 4.78 is 4.85. The average molecular weight is 292 g/mol. The van der Waals surface area contributed by atoms with Gasteiger partial charge in [-0.1, -0.05) is 39.8 Å². The molecular weight excluding hydrogens is 264 g/mol. The van der Waals surface area contributed by atoms with Gasteiger partial charge in [0.15, 0.2) is 0 Å². The van der Waals surface area contributed by atoms with Gasteiger partial charge in [0, 0.05) is 0 Å². The van der Waals surface area contributed by atoms with Gasteiger partial charge in [-0.05, 0) is 48.3 Å². The lowest BCUT2D eigenvalue weighted by Gasteiger charge is -2.21. The third kappa shape index (κ3) is 3.78. The first-order chi connectivity index (χ1) is 9.87. The quantitative estimate of drug-likeness (QED) is 0.773. The largest absolute Gasteiger partial charge is 0.507 e. The monoisotopic (exact) mass is 292 g/mol. The van der Waals surface area contributed by atoms with Crippen molar-refractivity contribution in [2.75, 3.05) is 7.11 Å². The van der Waals surface area contributed by atoms with E-state index in [0.717, 1.165) is 29.5 Å². The maximum Gasteiger partial charge on any atom is 0.312 e. The number of aromatic hydroxyl groups is 1. The van der Waals surface area contributed by atoms with E-state index in [1.165, 1.54) is 7.11 Å². The molecule has 0 heterocycles. The van der Waals surface area contributed by atoms with Crippen LogP contribution in [-0.4, -0.2) is 18.2 Å². The van der Waals surface area contributed by atoms with Crippen molar-refractivity contribution in [3.8, 4) is 5.75 Å². The van der Waals surface area contributed by atoms with E-state index in [1.807, 2.05) is 19.1 Å². The van der Waals surface area contributed by atoms with Crippen LogP contribution >= 0.6 is 0 Å². The molecule has 3 heteroatoms. The first kappa shape index (κ1) is 17.5. The van der Waals surface area contributed by atoms with E-state index in [2.05, 4.69) is 27.7 Å². The van der Waals surface area contributed by atoms with Gasteiger partial charge < -0.3 is 9.84 Å². The summed E-state index contributed by atoms with van der Waals surface area (Å²) in [6.07, 6.45) is 1.90. The molecule has 3 nitrogen and oxygen atoms in total. The van der Waals surface area contributed by atoms with Crippen LogP contribution in [0.3, 0.4) is 0 Å². The Balaban J connectivity index is 3.42. The number of hydrogen-bond donors (Lipinski definition) is 1. The predicted molar refractivity (Wildman–Crippen MR) is 85.9 cm³/mol. The molecule has 0 aromatic heterocycles. The number of benzene rings is 1. The van der Waals surface area contributed by atoms with Crippen LogP contribution in [0.2, 0.25) is 0 Å². The molecule has 0 fully saturated rings. The number of carbonyl (C=O) groups is 1. The molecule has 0 spiro atoms. The second kappa shape index (κ2) is 7.48. The Morgan fingerprint density at radius 2 is 1.52 bits per heavy atom. The minimum Gasteiger partial charge on any atom is -0.507 e. The number of phenols is 1. The van der Waals surface area contributed by atoms with Crippen LogP contribution in [-0.2, 0) is 9.53 Å². The van der Waals surface area contributed by atoms with Crippen molar-refractivity contribution in [1.29, 1.82) is 0 Å². The molecule has 21 heavy (non-hydrogen) atoms. The third-order valence-electron chi connectivity index (χ3n) is 4.53. The molecule has 0 aliphatic carbocycles. The smallest absolute Gasteiger partial charge is 0.312 e. The third-order valence-corrected chi connectivity index (χ3v) is 4.53. The highest BCUT2D eigenvalue weighted by Gasteiger charge is 2.22. The van der Waals surface area contributed by atoms with E-state index in [-0.39, 0.29) is 23.7 Å². The maximum atomic E-state index is 11.8. The minimum absolute atomic E-state index is 0.245. The van der Waals surface area contributed by atoms with Crippen molar-refractivity contribution in [1.82, 2.24) is 0 Å². The normalized spacial score (nSPS) is 15.3. The van der Waals surface area contributed by atoms with Crippen molar-refractivity contribution in [2.24, 2.45) is 0 Å². The Morgan fingerprint density at radius 1 is 1.10 bits per heavy atom. The molecule has 0 aliphatic heterocycles. The van der Waals surface area contributed by atoms with Crippen molar-refractivity contribution < 1.29 is 14.6 Å². The van der Waals surface area contributed by atoms with Crippen molar-refractivity contribution in [3.05, 3.63) is 28.8 Å². The lowest BCUT2D eigenvalue weighted by molar-refractivity contribution is -0.141. The molecule has 1 aromatic carbocycles. The average Bonchev–Trinajstić information content (AvgIpc) is 2.51. The Labute approximate surface area is 128 Å². The summed E-state index contributed by atoms with van der Waals surface area (Å²) in [5.41, 5.74) is 2.78. The Morgan fingerprint density at radius 3 is 1.86 bits per heavy atom. The Kier molecular flexibility index (Phi) is 6.25. The van der Waals surface area contributed by atoms with E-state index in [0.29, 0.717) is 5.75 Å². The van der Waals surface area contributed by atoms with E-state index >= 15 is 0 Å². The molecule has 0 saturated heterocycles. The van der Waals surface area contributed by atoms with Crippen LogP contribution in [0.15, 0.2) is 12.1 Å². The standard InChI is InChI=1S/C18H28O3/c1-7-11(3)15-9-14(13(5)18(20)21-6)10-16(17(15)19)12(4)8-2/h9-13,19H,7-8H2,1-6H3. The highest BCUT2D eigenvalue weighted by atomic mass is 16.5. The van der Waals surface area contributed by atoms with Crippen molar-refractivity contribution in [2.45, 2.75) is 65.2 Å². The Bertz CT molecular complexity index is 462. The number of rotatable bonds is 6. The van der Waals surface area contributed by atoms with Crippen LogP contribution in [0.25, 0.3) is 0 Å². The van der Waals surface area contributed by atoms with Gasteiger partial charge >= 0.3 is 5.97 Å². The van der Waals surface area contributed by atoms with Gasteiger partial charge in [-0.25, -0.2) is 0 Å². The van der Waals surface area contributed by atoms with Gasteiger partial charge in [-0.2, -0.15) is 0 Å². The molecule has 1 aromatic rings. The number of ether oxygens (including phenoxy) is 1. The predicted octanol–water partition coefficient (Wildman–Crippen LogP) is 4.70. The summed E-state index contributed by atoms with van der Waals surface area (Å²) in [5, 5.41) is 10.6. The fourth-order valence-electron chi connectivity index (χ4n) is 2.46. The molecule has 0 aliphatic rings. The van der Waals surface area contributed by atoms with E-state index in [9.17, 15) is 9.90 Å². The fraction of sp³-hybridized carbons (Fsp3) is 0.611. The maximum absolute atomic E-state index is 11.8. The molecule has 3 unspecified atom stereocenters. The summed E-state index contributed by atoms with van der Waals surface area (Å²) in [4.78, 5) is 11.8. The second-order valence-corrected chi connectivity index (χ2v) is 5.91. The summed E-state index contributed by atoms with van der Waals surface area (Å²) >= 11 is 0. The van der Waals surface area contributed by atoms with Gasteiger partial charge in [0.1, 0.15) is 5.75 Å². The highest BCUT2D eigenvalue weighted by molar-refractivity contribution is 5.78. The SMILES string of the molecule is CCC(C)c1cc(C(C)C(=O)OC)cc(C(C)CC)c1O. The molecule has 1 N–H and O–H groups in total. The van der Waals surface area contributed by atoms with Crippen LogP contribution in [0.1, 0.15) is 81.9 Å². The number of methoxy groups -OCH3 is 1. The van der Waals surface area contributed by atoms with E-state index in [4.69, 9.17) is 4.74 Å². The van der Waals surface area contributed by atoms with Crippen LogP contribution in [0.4, 0.5) is 0 Å². The number of phenolic OH excluding ortho intramolecular Hbond substituents is 1. The molecule has 0 saturated carbocycles. The second-order valence-electron chi connectivity index (χ2n) is 5.91. The van der Waals surface area contributed by atoms with Crippen LogP contribution in [0, 0.1) is 0 Å². The molecule has 3 atom stereocenters. The molecule has 1 rings (SSSR count). The zero-order valence-electron chi connectivity index (χ0n) is 14.1. The van der Waals surface area contributed by atoms with Gasteiger partial charge in [0.25, 0.3) is 0 Å². The first-order valence-electron chi connectivity index (χ1n) is 7.81. The Hall–Kier alpha value is -1.51. The molecule has 118 valence electrons. The molecular formula is C18H28O3. The summed E-state index contributed by atoms with van der Waals surface area (Å²) in [6, 6.07) is 3.91. The molecule has 0 radical (unpaired) electrons. The van der Waals surface area contributed by atoms with E-state index in [1.54, 1.807) is 0 Å². The van der Waals surface area contributed by atoms with Gasteiger partial charge in [-0.15, -0.1) is 0 Å². The zero-order valence-corrected chi connectivity index (χ0v) is 14.1. The van der Waals surface area contributed by atoms with Gasteiger partial charge in [-0.3, -0.25) is 4.79 Å². The molecule has 0 amide bonds. The van der Waals surface area contributed by atoms with Crippen LogP contribution < -0.4 is 0 Å². The first-order valence-corrected chi connectivity index (χ1v) is 7.81. The minimum atomic E-state index is -0.318. The van der Waals surface area contributed by atoms with Gasteiger partial charge in [0.2, 0.25) is 0 Å². The lowest BCUT2D eigenvalue weighted by atomic mass is 9.85.